The van der Waals surface area contributed by atoms with E-state index in [-0.39, 0.29) is 6.04 Å². The Hall–Kier alpha value is -2.47. The maximum Gasteiger partial charge on any atom is 0.124 e. The van der Waals surface area contributed by atoms with Crippen LogP contribution in [-0.4, -0.2) is 30.2 Å². The zero-order valence-corrected chi connectivity index (χ0v) is 15.8. The van der Waals surface area contributed by atoms with E-state index in [1.807, 2.05) is 12.1 Å². The third kappa shape index (κ3) is 3.95. The number of benzene rings is 2. The monoisotopic (exact) mass is 362 g/mol. The van der Waals surface area contributed by atoms with Gasteiger partial charge in [-0.3, -0.25) is 10.3 Å². The fraction of sp³-hybridized carbons (Fsp3) is 0.318. The lowest BCUT2D eigenvalue weighted by molar-refractivity contribution is 0.207. The van der Waals surface area contributed by atoms with Crippen molar-refractivity contribution in [3.63, 3.8) is 0 Å². The van der Waals surface area contributed by atoms with Crippen LogP contribution in [0.25, 0.3) is 11.1 Å². The van der Waals surface area contributed by atoms with Gasteiger partial charge in [0.25, 0.3) is 0 Å². The van der Waals surface area contributed by atoms with Gasteiger partial charge in [0.05, 0.1) is 12.1 Å². The topological polar surface area (TPSA) is 53.3 Å². The van der Waals surface area contributed by atoms with Crippen LogP contribution in [0.3, 0.4) is 0 Å². The first-order valence-corrected chi connectivity index (χ1v) is 9.46. The highest BCUT2D eigenvalue weighted by Crippen LogP contribution is 2.29. The van der Waals surface area contributed by atoms with Crippen LogP contribution in [0.2, 0.25) is 0 Å². The van der Waals surface area contributed by atoms with Crippen molar-refractivity contribution in [1.29, 1.82) is 0 Å². The first kappa shape index (κ1) is 17.9. The second-order valence-corrected chi connectivity index (χ2v) is 7.29. The van der Waals surface area contributed by atoms with E-state index in [0.717, 1.165) is 18.8 Å². The van der Waals surface area contributed by atoms with E-state index in [1.165, 1.54) is 16.7 Å². The molecule has 2 N–H and O–H groups in total. The second kappa shape index (κ2) is 8.05. The molecule has 27 heavy (non-hydrogen) atoms. The van der Waals surface area contributed by atoms with Crippen LogP contribution < -0.4 is 10.9 Å². The lowest BCUT2D eigenvalue weighted by Gasteiger charge is -2.28. The third-order valence-corrected chi connectivity index (χ3v) is 5.54. The Morgan fingerprint density at radius 1 is 1.07 bits per heavy atom. The van der Waals surface area contributed by atoms with Gasteiger partial charge >= 0.3 is 0 Å². The smallest absolute Gasteiger partial charge is 0.124 e. The summed E-state index contributed by atoms with van der Waals surface area (Å²) in [5.74, 6) is 0.479. The summed E-state index contributed by atoms with van der Waals surface area (Å²) in [6, 6.07) is 21.9. The van der Waals surface area contributed by atoms with Gasteiger partial charge in [-0.2, -0.15) is 0 Å². The quantitative estimate of drug-likeness (QED) is 0.699. The van der Waals surface area contributed by atoms with Crippen molar-refractivity contribution < 1.29 is 4.52 Å². The van der Waals surface area contributed by atoms with Crippen LogP contribution in [0.4, 0.5) is 0 Å². The number of hydrogen-bond donors (Lipinski definition) is 2. The molecule has 2 heterocycles. The molecule has 3 aromatic rings. The van der Waals surface area contributed by atoms with E-state index < -0.39 is 0 Å². The highest BCUT2D eigenvalue weighted by atomic mass is 16.5. The summed E-state index contributed by atoms with van der Waals surface area (Å²) in [6.07, 6.45) is 1.63. The van der Waals surface area contributed by atoms with E-state index in [2.05, 4.69) is 83.4 Å². The minimum absolute atomic E-state index is 0.227. The Morgan fingerprint density at radius 2 is 1.81 bits per heavy atom. The van der Waals surface area contributed by atoms with Crippen LogP contribution in [0.15, 0.2) is 71.4 Å². The van der Waals surface area contributed by atoms with E-state index >= 15 is 0 Å². The number of aromatic nitrogens is 1. The zero-order chi connectivity index (χ0) is 18.6. The molecule has 1 aliphatic heterocycles. The molecule has 4 rings (SSSR count). The molecule has 0 radical (unpaired) electrons. The Balaban J connectivity index is 1.45. The lowest BCUT2D eigenvalue weighted by atomic mass is 9.92. The molecule has 3 unspecified atom stereocenters. The van der Waals surface area contributed by atoms with E-state index in [9.17, 15) is 0 Å². The minimum atomic E-state index is 0.227. The number of hydrazine groups is 1. The Bertz CT molecular complexity index is 833. The number of nitrogens with zero attached hydrogens (tertiary/aromatic N) is 2. The average molecular weight is 362 g/mol. The molecule has 0 saturated carbocycles. The average Bonchev–Trinajstić information content (AvgIpc) is 3.40. The molecule has 0 amide bonds. The van der Waals surface area contributed by atoms with Crippen molar-refractivity contribution in [2.75, 3.05) is 20.1 Å². The number of rotatable bonds is 6. The molecule has 0 aliphatic carbocycles. The molecule has 0 bridgehead atoms. The van der Waals surface area contributed by atoms with Crippen LogP contribution in [0.5, 0.6) is 0 Å². The first-order valence-electron chi connectivity index (χ1n) is 9.46. The van der Waals surface area contributed by atoms with Crippen molar-refractivity contribution >= 4 is 0 Å². The molecule has 2 aromatic carbocycles. The van der Waals surface area contributed by atoms with E-state index in [0.29, 0.717) is 12.0 Å². The zero-order valence-electron chi connectivity index (χ0n) is 15.8. The van der Waals surface area contributed by atoms with Crippen LogP contribution in [0, 0.1) is 5.92 Å². The van der Waals surface area contributed by atoms with Gasteiger partial charge in [0.15, 0.2) is 0 Å². The molecular weight excluding hydrogens is 336 g/mol. The maximum absolute atomic E-state index is 4.99. The Kier molecular flexibility index (Phi) is 5.34. The van der Waals surface area contributed by atoms with Crippen molar-refractivity contribution in [3.8, 4) is 11.1 Å². The van der Waals surface area contributed by atoms with Gasteiger partial charge in [0, 0.05) is 25.1 Å². The predicted molar refractivity (Wildman–Crippen MR) is 107 cm³/mol. The summed E-state index contributed by atoms with van der Waals surface area (Å²) in [5, 5.41) is 4.08. The van der Waals surface area contributed by atoms with Crippen molar-refractivity contribution in [2.45, 2.75) is 19.0 Å². The molecule has 3 atom stereocenters. The van der Waals surface area contributed by atoms with Gasteiger partial charge < -0.3 is 4.52 Å². The first-order chi connectivity index (χ1) is 13.2. The van der Waals surface area contributed by atoms with E-state index in [1.54, 1.807) is 6.26 Å². The molecule has 1 fully saturated rings. The van der Waals surface area contributed by atoms with Crippen molar-refractivity contribution in [1.82, 2.24) is 20.9 Å². The number of hydrogen-bond acceptors (Lipinski definition) is 5. The fourth-order valence-electron chi connectivity index (χ4n) is 3.77. The molecule has 1 aromatic heterocycles. The highest BCUT2D eigenvalue weighted by Gasteiger charge is 2.30. The molecule has 140 valence electrons. The molecule has 0 spiro atoms. The lowest BCUT2D eigenvalue weighted by Crippen LogP contribution is -2.32. The minimum Gasteiger partial charge on any atom is -0.364 e. The van der Waals surface area contributed by atoms with Crippen LogP contribution in [-0.2, 0) is 0 Å². The van der Waals surface area contributed by atoms with Crippen molar-refractivity contribution in [2.24, 2.45) is 5.92 Å². The van der Waals surface area contributed by atoms with Crippen LogP contribution >= 0.6 is 0 Å². The predicted octanol–water partition coefficient (Wildman–Crippen LogP) is 3.80. The van der Waals surface area contributed by atoms with Gasteiger partial charge in [0.2, 0.25) is 0 Å². The maximum atomic E-state index is 4.99. The summed E-state index contributed by atoms with van der Waals surface area (Å²) >= 11 is 0. The van der Waals surface area contributed by atoms with Gasteiger partial charge in [-0.15, -0.1) is 0 Å². The summed E-state index contributed by atoms with van der Waals surface area (Å²) in [7, 11) is 2.15. The molecule has 5 heteroatoms. The molecule has 1 saturated heterocycles. The standard InChI is InChI=1S/C22H26N4O/c1-16(21-12-13-27-25-21)26(2)15-20-14-23-24-22(20)19-10-8-18(9-11-19)17-6-4-3-5-7-17/h3-13,16,20,22-24H,14-15H2,1-2H3. The molecule has 1 aliphatic rings. The summed E-state index contributed by atoms with van der Waals surface area (Å²) in [5.41, 5.74) is 11.6. The normalized spacial score (nSPS) is 20.9. The SMILES string of the molecule is CC(c1ccon1)N(C)CC1CNNC1c1ccc(-c2ccccc2)cc1. The van der Waals surface area contributed by atoms with Gasteiger partial charge in [-0.1, -0.05) is 59.8 Å². The summed E-state index contributed by atoms with van der Waals surface area (Å²) < 4.78 is 4.99. The van der Waals surface area contributed by atoms with Gasteiger partial charge in [-0.05, 0) is 30.7 Å². The van der Waals surface area contributed by atoms with Gasteiger partial charge in [0.1, 0.15) is 12.0 Å². The molecule has 5 nitrogen and oxygen atoms in total. The van der Waals surface area contributed by atoms with Gasteiger partial charge in [-0.25, -0.2) is 5.43 Å². The molecular formula is C22H26N4O. The summed E-state index contributed by atoms with van der Waals surface area (Å²) in [6.45, 7) is 4.08. The Labute approximate surface area is 160 Å². The highest BCUT2D eigenvalue weighted by molar-refractivity contribution is 5.63. The number of nitrogens with one attached hydrogen (secondary N) is 2. The second-order valence-electron chi connectivity index (χ2n) is 7.29. The third-order valence-electron chi connectivity index (χ3n) is 5.54. The van der Waals surface area contributed by atoms with Crippen LogP contribution in [0.1, 0.15) is 30.3 Å². The van der Waals surface area contributed by atoms with Crippen molar-refractivity contribution in [3.05, 3.63) is 78.2 Å². The van der Waals surface area contributed by atoms with E-state index in [4.69, 9.17) is 4.52 Å². The fourth-order valence-corrected chi connectivity index (χ4v) is 3.77. The largest absolute Gasteiger partial charge is 0.364 e. The Morgan fingerprint density at radius 3 is 2.52 bits per heavy atom. The summed E-state index contributed by atoms with van der Waals surface area (Å²) in [4.78, 5) is 2.34.